The summed E-state index contributed by atoms with van der Waals surface area (Å²) in [5.74, 6) is 0.294. The summed E-state index contributed by atoms with van der Waals surface area (Å²) in [6.45, 7) is 1.43. The van der Waals surface area contributed by atoms with Crippen LogP contribution in [0.1, 0.15) is 23.3 Å². The molecule has 150 valence electrons. The second kappa shape index (κ2) is 7.46. The van der Waals surface area contributed by atoms with Gasteiger partial charge in [-0.3, -0.25) is 18.7 Å². The maximum absolute atomic E-state index is 12.8. The van der Waals surface area contributed by atoms with Crippen molar-refractivity contribution in [2.45, 2.75) is 18.9 Å². The Kier molecular flexibility index (Phi) is 4.83. The Labute approximate surface area is 165 Å². The minimum absolute atomic E-state index is 0.0787. The van der Waals surface area contributed by atoms with E-state index >= 15 is 0 Å². The number of pyridine rings is 1. The van der Waals surface area contributed by atoms with Crippen LogP contribution in [0.2, 0.25) is 0 Å². The summed E-state index contributed by atoms with van der Waals surface area (Å²) < 4.78 is 2.29. The quantitative estimate of drug-likeness (QED) is 0.654. The van der Waals surface area contributed by atoms with E-state index in [4.69, 9.17) is 0 Å². The molecule has 3 aromatic heterocycles. The summed E-state index contributed by atoms with van der Waals surface area (Å²) in [5, 5.41) is 3.28. The van der Waals surface area contributed by atoms with Crippen LogP contribution in [0.25, 0.3) is 11.0 Å². The topological polar surface area (TPSA) is 115 Å². The third-order valence-corrected chi connectivity index (χ3v) is 5.13. The molecule has 0 bridgehead atoms. The molecule has 10 heteroatoms. The fourth-order valence-electron chi connectivity index (χ4n) is 3.57. The number of nitrogens with one attached hydrogen (secondary N) is 1. The van der Waals surface area contributed by atoms with Gasteiger partial charge < -0.3 is 10.2 Å². The van der Waals surface area contributed by atoms with Crippen LogP contribution in [0.3, 0.4) is 0 Å². The summed E-state index contributed by atoms with van der Waals surface area (Å²) in [6.07, 6.45) is 5.12. The molecule has 1 atom stereocenters. The van der Waals surface area contributed by atoms with Crippen molar-refractivity contribution in [3.05, 3.63) is 57.1 Å². The Balaban J connectivity index is 1.56. The number of carbonyl (C=O) groups excluding carboxylic acids is 1. The van der Waals surface area contributed by atoms with Crippen LogP contribution in [0.15, 0.2) is 40.2 Å². The summed E-state index contributed by atoms with van der Waals surface area (Å²) in [7, 11) is 2.94. The summed E-state index contributed by atoms with van der Waals surface area (Å²) in [4.78, 5) is 52.0. The molecule has 0 aromatic carbocycles. The molecule has 0 spiro atoms. The van der Waals surface area contributed by atoms with Crippen LogP contribution < -0.4 is 21.5 Å². The molecule has 0 saturated carbocycles. The Hall–Kier alpha value is -3.56. The zero-order chi connectivity index (χ0) is 20.5. The normalized spacial score (nSPS) is 16.8. The lowest BCUT2D eigenvalue weighted by molar-refractivity contribution is 0.0928. The van der Waals surface area contributed by atoms with Gasteiger partial charge in [-0.15, -0.1) is 0 Å². The number of hydrogen-bond acceptors (Lipinski definition) is 7. The number of carbonyl (C=O) groups is 1. The van der Waals surface area contributed by atoms with E-state index in [9.17, 15) is 14.4 Å². The number of anilines is 1. The van der Waals surface area contributed by atoms with Gasteiger partial charge in [-0.05, 0) is 31.0 Å². The van der Waals surface area contributed by atoms with Crippen molar-refractivity contribution in [1.82, 2.24) is 29.4 Å². The number of aryl methyl sites for hydroxylation is 1. The van der Waals surface area contributed by atoms with Crippen LogP contribution in [0, 0.1) is 0 Å². The molecule has 0 aliphatic carbocycles. The molecule has 10 nitrogen and oxygen atoms in total. The largest absolute Gasteiger partial charge is 0.346 e. The van der Waals surface area contributed by atoms with Crippen LogP contribution in [0.4, 0.5) is 5.95 Å². The monoisotopic (exact) mass is 395 g/mol. The Morgan fingerprint density at radius 1 is 1.14 bits per heavy atom. The molecule has 1 aliphatic heterocycles. The fourth-order valence-corrected chi connectivity index (χ4v) is 3.57. The smallest absolute Gasteiger partial charge is 0.332 e. The molecule has 1 N–H and O–H groups in total. The van der Waals surface area contributed by atoms with Crippen molar-refractivity contribution < 1.29 is 4.79 Å². The van der Waals surface area contributed by atoms with Gasteiger partial charge in [0.05, 0.1) is 5.39 Å². The number of hydrogen-bond donors (Lipinski definition) is 1. The number of rotatable bonds is 3. The molecule has 4 heterocycles. The molecule has 4 rings (SSSR count). The maximum Gasteiger partial charge on any atom is 0.332 e. The minimum atomic E-state index is -0.488. The van der Waals surface area contributed by atoms with E-state index in [-0.39, 0.29) is 28.7 Å². The van der Waals surface area contributed by atoms with E-state index in [2.05, 4.69) is 20.3 Å². The highest BCUT2D eigenvalue weighted by Gasteiger charge is 2.24. The van der Waals surface area contributed by atoms with Crippen molar-refractivity contribution in [2.24, 2.45) is 14.1 Å². The van der Waals surface area contributed by atoms with Gasteiger partial charge in [0.1, 0.15) is 11.3 Å². The molecule has 3 aromatic rings. The van der Waals surface area contributed by atoms with E-state index in [1.165, 1.54) is 30.8 Å². The Morgan fingerprint density at radius 3 is 2.66 bits per heavy atom. The first-order valence-electron chi connectivity index (χ1n) is 9.35. The standard InChI is InChI=1S/C19H21N7O3/c1-24-15-13(17(28)25(2)19(24)29)6-7-14(23-15)16(27)22-12-5-3-10-26(11-12)18-20-8-4-9-21-18/h4,6-9,12H,3,5,10-11H2,1-2H3,(H,22,27)/t12-/m0/s1. The molecule has 0 unspecified atom stereocenters. The zero-order valence-electron chi connectivity index (χ0n) is 16.2. The first kappa shape index (κ1) is 18.8. The first-order chi connectivity index (χ1) is 14.0. The third-order valence-electron chi connectivity index (χ3n) is 5.13. The van der Waals surface area contributed by atoms with Crippen molar-refractivity contribution in [2.75, 3.05) is 18.0 Å². The summed E-state index contributed by atoms with van der Waals surface area (Å²) >= 11 is 0. The SMILES string of the molecule is Cn1c(=O)c2ccc(C(=O)N[C@H]3CCCN(c4ncccn4)C3)nc2n(C)c1=O. The van der Waals surface area contributed by atoms with E-state index in [1.807, 2.05) is 4.90 Å². The van der Waals surface area contributed by atoms with Crippen molar-refractivity contribution in [1.29, 1.82) is 0 Å². The molecule has 1 amide bonds. The van der Waals surface area contributed by atoms with Crippen LogP contribution >= 0.6 is 0 Å². The Morgan fingerprint density at radius 2 is 1.90 bits per heavy atom. The summed E-state index contributed by atoms with van der Waals surface area (Å²) in [6, 6.07) is 4.72. The molecule has 0 radical (unpaired) electrons. The molecular weight excluding hydrogens is 374 g/mol. The fraction of sp³-hybridized carbons (Fsp3) is 0.368. The predicted octanol–water partition coefficient (Wildman–Crippen LogP) is -0.179. The predicted molar refractivity (Wildman–Crippen MR) is 107 cm³/mol. The number of amides is 1. The van der Waals surface area contributed by atoms with Gasteiger partial charge in [0.25, 0.3) is 11.5 Å². The van der Waals surface area contributed by atoms with Crippen molar-refractivity contribution in [3.63, 3.8) is 0 Å². The average molecular weight is 395 g/mol. The van der Waals surface area contributed by atoms with Crippen LogP contribution in [0.5, 0.6) is 0 Å². The van der Waals surface area contributed by atoms with E-state index < -0.39 is 11.2 Å². The third kappa shape index (κ3) is 3.48. The van der Waals surface area contributed by atoms with Gasteiger partial charge >= 0.3 is 5.69 Å². The molecule has 29 heavy (non-hydrogen) atoms. The highest BCUT2D eigenvalue weighted by Crippen LogP contribution is 2.16. The molecule has 1 aliphatic rings. The van der Waals surface area contributed by atoms with Gasteiger partial charge in [-0.25, -0.2) is 19.7 Å². The number of fused-ring (bicyclic) bond motifs is 1. The Bertz CT molecular complexity index is 1190. The van der Waals surface area contributed by atoms with Crippen LogP contribution in [-0.4, -0.2) is 49.1 Å². The first-order valence-corrected chi connectivity index (χ1v) is 9.35. The highest BCUT2D eigenvalue weighted by molar-refractivity contribution is 5.94. The molecule has 1 saturated heterocycles. The zero-order valence-corrected chi connectivity index (χ0v) is 16.2. The van der Waals surface area contributed by atoms with E-state index in [0.29, 0.717) is 12.5 Å². The lowest BCUT2D eigenvalue weighted by Crippen LogP contribution is -2.48. The van der Waals surface area contributed by atoms with Crippen LogP contribution in [-0.2, 0) is 14.1 Å². The van der Waals surface area contributed by atoms with E-state index in [0.717, 1.165) is 24.0 Å². The van der Waals surface area contributed by atoms with Gasteiger partial charge in [-0.1, -0.05) is 0 Å². The number of aromatic nitrogens is 5. The molecule has 1 fully saturated rings. The lowest BCUT2D eigenvalue weighted by Gasteiger charge is -2.33. The van der Waals surface area contributed by atoms with E-state index in [1.54, 1.807) is 18.5 Å². The van der Waals surface area contributed by atoms with Gasteiger partial charge in [0, 0.05) is 45.6 Å². The number of piperidine rings is 1. The summed E-state index contributed by atoms with van der Waals surface area (Å²) in [5.41, 5.74) is -0.575. The second-order valence-electron chi connectivity index (χ2n) is 7.08. The van der Waals surface area contributed by atoms with Crippen molar-refractivity contribution in [3.8, 4) is 0 Å². The minimum Gasteiger partial charge on any atom is -0.346 e. The lowest BCUT2D eigenvalue weighted by atomic mass is 10.1. The van der Waals surface area contributed by atoms with Gasteiger partial charge in [0.2, 0.25) is 5.95 Å². The number of nitrogens with zero attached hydrogens (tertiary/aromatic N) is 6. The highest BCUT2D eigenvalue weighted by atomic mass is 16.2. The van der Waals surface area contributed by atoms with Crippen molar-refractivity contribution >= 4 is 22.9 Å². The second-order valence-corrected chi connectivity index (χ2v) is 7.08. The molecular formula is C19H21N7O3. The average Bonchev–Trinajstić information content (AvgIpc) is 2.76. The van der Waals surface area contributed by atoms with Gasteiger partial charge in [0.15, 0.2) is 0 Å². The maximum atomic E-state index is 12.8. The van der Waals surface area contributed by atoms with Gasteiger partial charge in [-0.2, -0.15) is 0 Å².